The molecular weight excluding hydrogens is 268 g/mol. The van der Waals surface area contributed by atoms with Crippen molar-refractivity contribution in [3.05, 3.63) is 35.9 Å². The lowest BCUT2D eigenvalue weighted by molar-refractivity contribution is -0.165. The maximum atomic E-state index is 10.3. The van der Waals surface area contributed by atoms with Crippen LogP contribution in [0.3, 0.4) is 0 Å². The van der Waals surface area contributed by atoms with Crippen LogP contribution in [0.1, 0.15) is 39.2 Å². The number of rotatable bonds is 6. The maximum absolute atomic E-state index is 10.3. The van der Waals surface area contributed by atoms with Gasteiger partial charge < -0.3 is 19.7 Å². The molecule has 1 aliphatic rings. The molecule has 0 aromatic heterocycles. The Balaban J connectivity index is 1.82. The number of benzene rings is 1. The Bertz CT molecular complexity index is 440. The maximum Gasteiger partial charge on any atom is 0.106 e. The summed E-state index contributed by atoms with van der Waals surface area (Å²) in [5.74, 6) is 0. The summed E-state index contributed by atoms with van der Waals surface area (Å²) in [5, 5.41) is 20.4. The number of hydrogen-bond acceptors (Lipinski definition) is 4. The third kappa shape index (κ3) is 4.27. The van der Waals surface area contributed by atoms with Gasteiger partial charge in [-0.3, -0.25) is 0 Å². The molecule has 0 aliphatic carbocycles. The van der Waals surface area contributed by atoms with Gasteiger partial charge in [0.05, 0.1) is 30.5 Å². The Morgan fingerprint density at radius 2 is 2.05 bits per heavy atom. The topological polar surface area (TPSA) is 58.9 Å². The zero-order valence-electron chi connectivity index (χ0n) is 13.1. The molecule has 1 heterocycles. The van der Waals surface area contributed by atoms with Crippen LogP contribution in [-0.2, 0) is 16.1 Å². The van der Waals surface area contributed by atoms with E-state index >= 15 is 0 Å². The van der Waals surface area contributed by atoms with Gasteiger partial charge in [0.25, 0.3) is 0 Å². The molecule has 2 rings (SSSR count). The van der Waals surface area contributed by atoms with Crippen molar-refractivity contribution in [2.45, 2.75) is 63.6 Å². The van der Waals surface area contributed by atoms with Crippen LogP contribution in [0.4, 0.5) is 0 Å². The van der Waals surface area contributed by atoms with E-state index < -0.39 is 17.3 Å². The van der Waals surface area contributed by atoms with Crippen LogP contribution in [0, 0.1) is 0 Å². The van der Waals surface area contributed by atoms with Gasteiger partial charge in [-0.05, 0) is 39.2 Å². The summed E-state index contributed by atoms with van der Waals surface area (Å²) in [6, 6.07) is 9.87. The quantitative estimate of drug-likeness (QED) is 0.845. The lowest BCUT2D eigenvalue weighted by atomic mass is 9.94. The SMILES string of the molecule is CC(C)(O)[C@H]1CC[C@@](C)([C@H](O)COCc2ccccc2)O1. The number of aliphatic hydroxyl groups is 2. The molecule has 1 aromatic rings. The van der Waals surface area contributed by atoms with E-state index in [0.29, 0.717) is 6.61 Å². The molecule has 4 heteroatoms. The minimum atomic E-state index is -0.887. The average molecular weight is 294 g/mol. The van der Waals surface area contributed by atoms with Crippen LogP contribution in [-0.4, -0.2) is 40.2 Å². The van der Waals surface area contributed by atoms with Crippen molar-refractivity contribution in [2.75, 3.05) is 6.61 Å². The molecule has 0 amide bonds. The fourth-order valence-electron chi connectivity index (χ4n) is 2.64. The summed E-state index contributed by atoms with van der Waals surface area (Å²) >= 11 is 0. The summed E-state index contributed by atoms with van der Waals surface area (Å²) in [5.41, 5.74) is -0.458. The predicted molar refractivity (Wildman–Crippen MR) is 80.9 cm³/mol. The van der Waals surface area contributed by atoms with E-state index in [1.54, 1.807) is 13.8 Å². The van der Waals surface area contributed by atoms with Crippen molar-refractivity contribution in [2.24, 2.45) is 0 Å². The van der Waals surface area contributed by atoms with Gasteiger partial charge in [-0.15, -0.1) is 0 Å². The molecule has 4 nitrogen and oxygen atoms in total. The largest absolute Gasteiger partial charge is 0.388 e. The van der Waals surface area contributed by atoms with Crippen LogP contribution < -0.4 is 0 Å². The van der Waals surface area contributed by atoms with Gasteiger partial charge in [-0.1, -0.05) is 30.3 Å². The normalized spacial score (nSPS) is 27.8. The van der Waals surface area contributed by atoms with Gasteiger partial charge in [0, 0.05) is 0 Å². The molecule has 0 radical (unpaired) electrons. The monoisotopic (exact) mass is 294 g/mol. The molecule has 0 saturated carbocycles. The molecule has 0 bridgehead atoms. The minimum absolute atomic E-state index is 0.226. The molecular formula is C17H26O4. The Kier molecular flexibility index (Phi) is 5.04. The van der Waals surface area contributed by atoms with Crippen LogP contribution in [0.5, 0.6) is 0 Å². The van der Waals surface area contributed by atoms with Gasteiger partial charge in [0.15, 0.2) is 0 Å². The summed E-state index contributed by atoms with van der Waals surface area (Å²) in [6.45, 7) is 6.06. The van der Waals surface area contributed by atoms with Crippen LogP contribution in [0.15, 0.2) is 30.3 Å². The summed E-state index contributed by atoms with van der Waals surface area (Å²) < 4.78 is 11.5. The highest BCUT2D eigenvalue weighted by Gasteiger charge is 2.46. The van der Waals surface area contributed by atoms with Gasteiger partial charge >= 0.3 is 0 Å². The van der Waals surface area contributed by atoms with Crippen LogP contribution in [0.2, 0.25) is 0 Å². The van der Waals surface area contributed by atoms with Gasteiger partial charge in [-0.2, -0.15) is 0 Å². The van der Waals surface area contributed by atoms with Crippen LogP contribution in [0.25, 0.3) is 0 Å². The highest BCUT2D eigenvalue weighted by atomic mass is 16.6. The lowest BCUT2D eigenvalue weighted by Crippen LogP contribution is -2.45. The van der Waals surface area contributed by atoms with Crippen molar-refractivity contribution in [3.8, 4) is 0 Å². The third-order valence-corrected chi connectivity index (χ3v) is 4.19. The predicted octanol–water partition coefficient (Wildman–Crippen LogP) is 2.27. The van der Waals surface area contributed by atoms with Gasteiger partial charge in [0.1, 0.15) is 6.10 Å². The Hall–Kier alpha value is -0.940. The van der Waals surface area contributed by atoms with Crippen LogP contribution >= 0.6 is 0 Å². The molecule has 3 atom stereocenters. The summed E-state index contributed by atoms with van der Waals surface area (Å²) in [6.07, 6.45) is 0.521. The second kappa shape index (κ2) is 6.44. The zero-order chi connectivity index (χ0) is 15.5. The first-order valence-corrected chi connectivity index (χ1v) is 7.51. The van der Waals surface area contributed by atoms with Gasteiger partial charge in [0.2, 0.25) is 0 Å². The highest BCUT2D eigenvalue weighted by molar-refractivity contribution is 5.13. The number of hydrogen-bond donors (Lipinski definition) is 2. The molecule has 0 spiro atoms. The third-order valence-electron chi connectivity index (χ3n) is 4.19. The lowest BCUT2D eigenvalue weighted by Gasteiger charge is -2.33. The van der Waals surface area contributed by atoms with E-state index in [2.05, 4.69) is 0 Å². The smallest absolute Gasteiger partial charge is 0.106 e. The molecule has 118 valence electrons. The van der Waals surface area contributed by atoms with E-state index in [-0.39, 0.29) is 12.7 Å². The highest BCUT2D eigenvalue weighted by Crippen LogP contribution is 2.37. The van der Waals surface area contributed by atoms with Crippen molar-refractivity contribution < 1.29 is 19.7 Å². The summed E-state index contributed by atoms with van der Waals surface area (Å²) in [4.78, 5) is 0. The molecule has 1 saturated heterocycles. The molecule has 1 aromatic carbocycles. The molecule has 1 fully saturated rings. The first kappa shape index (κ1) is 16.4. The standard InChI is InChI=1S/C17H26O4/c1-16(2,19)15-9-10-17(3,21-15)14(18)12-20-11-13-7-5-4-6-8-13/h4-8,14-15,18-19H,9-12H2,1-3H3/t14-,15-,17+/m1/s1. The van der Waals surface area contributed by atoms with E-state index in [0.717, 1.165) is 18.4 Å². The van der Waals surface area contributed by atoms with E-state index in [9.17, 15) is 10.2 Å². The Morgan fingerprint density at radius 3 is 2.62 bits per heavy atom. The van der Waals surface area contributed by atoms with Crippen molar-refractivity contribution in [3.63, 3.8) is 0 Å². The first-order chi connectivity index (χ1) is 9.81. The molecule has 0 unspecified atom stereocenters. The Labute approximate surface area is 126 Å². The zero-order valence-corrected chi connectivity index (χ0v) is 13.1. The first-order valence-electron chi connectivity index (χ1n) is 7.51. The van der Waals surface area contributed by atoms with Gasteiger partial charge in [-0.25, -0.2) is 0 Å². The van der Waals surface area contributed by atoms with Crippen molar-refractivity contribution >= 4 is 0 Å². The average Bonchev–Trinajstić information content (AvgIpc) is 2.84. The van der Waals surface area contributed by atoms with Crippen molar-refractivity contribution in [1.29, 1.82) is 0 Å². The number of aliphatic hydroxyl groups excluding tert-OH is 1. The van der Waals surface area contributed by atoms with E-state index in [4.69, 9.17) is 9.47 Å². The molecule has 1 aliphatic heterocycles. The number of ether oxygens (including phenoxy) is 2. The molecule has 2 N–H and O–H groups in total. The fraction of sp³-hybridized carbons (Fsp3) is 0.647. The molecule has 21 heavy (non-hydrogen) atoms. The van der Waals surface area contributed by atoms with Crippen molar-refractivity contribution in [1.82, 2.24) is 0 Å². The van der Waals surface area contributed by atoms with E-state index in [1.165, 1.54) is 0 Å². The van der Waals surface area contributed by atoms with E-state index in [1.807, 2.05) is 37.3 Å². The fourth-order valence-corrected chi connectivity index (χ4v) is 2.64. The summed E-state index contributed by atoms with van der Waals surface area (Å²) in [7, 11) is 0. The second-order valence-corrected chi connectivity index (χ2v) is 6.63. The Morgan fingerprint density at radius 1 is 1.38 bits per heavy atom. The second-order valence-electron chi connectivity index (χ2n) is 6.63. The minimum Gasteiger partial charge on any atom is -0.388 e.